The lowest BCUT2D eigenvalue weighted by Crippen LogP contribution is -2.04. The second-order valence-electron chi connectivity index (χ2n) is 6.50. The van der Waals surface area contributed by atoms with Gasteiger partial charge in [0.15, 0.2) is 6.29 Å². The zero-order chi connectivity index (χ0) is 20.0. The molecule has 146 valence electrons. The lowest BCUT2D eigenvalue weighted by atomic mass is 10.00. The summed E-state index contributed by atoms with van der Waals surface area (Å²) in [5.74, 6) is -0.551. The summed E-state index contributed by atoms with van der Waals surface area (Å²) in [5, 5.41) is 0. The Balaban J connectivity index is 2.23. The van der Waals surface area contributed by atoms with E-state index in [1.54, 1.807) is 0 Å². The number of aromatic nitrogens is 2. The molecule has 2 aromatic rings. The molecule has 0 aliphatic heterocycles. The number of aryl methyl sites for hydroxylation is 1. The van der Waals surface area contributed by atoms with Crippen LogP contribution in [0.25, 0.3) is 0 Å². The van der Waals surface area contributed by atoms with Gasteiger partial charge in [0.1, 0.15) is 0 Å². The lowest BCUT2D eigenvalue weighted by Gasteiger charge is -2.06. The number of ether oxygens (including phenoxy) is 2. The van der Waals surface area contributed by atoms with Crippen molar-refractivity contribution in [2.24, 2.45) is 0 Å². The molecule has 2 heterocycles. The van der Waals surface area contributed by atoms with Crippen molar-refractivity contribution in [3.8, 4) is 0 Å². The van der Waals surface area contributed by atoms with Crippen molar-refractivity contribution in [1.82, 2.24) is 9.97 Å². The van der Waals surface area contributed by atoms with Gasteiger partial charge in [0.05, 0.1) is 19.9 Å². The quantitative estimate of drug-likeness (QED) is 0.519. The molecular weight excluding hydrogens is 348 g/mol. The normalized spacial score (nSPS) is 10.7. The Bertz CT molecular complexity index is 832. The summed E-state index contributed by atoms with van der Waals surface area (Å²) < 4.78 is 9.40. The van der Waals surface area contributed by atoms with E-state index in [9.17, 15) is 14.4 Å². The number of aromatic amines is 2. The van der Waals surface area contributed by atoms with Gasteiger partial charge < -0.3 is 19.4 Å². The molecule has 0 amide bonds. The van der Waals surface area contributed by atoms with Crippen LogP contribution in [-0.4, -0.2) is 42.4 Å². The Morgan fingerprint density at radius 3 is 2.15 bits per heavy atom. The zero-order valence-corrected chi connectivity index (χ0v) is 16.2. The van der Waals surface area contributed by atoms with E-state index in [4.69, 9.17) is 4.74 Å². The van der Waals surface area contributed by atoms with E-state index < -0.39 is 0 Å². The molecule has 0 unspecified atom stereocenters. The highest BCUT2D eigenvalue weighted by Gasteiger charge is 2.18. The van der Waals surface area contributed by atoms with Crippen molar-refractivity contribution in [2.45, 2.75) is 46.0 Å². The summed E-state index contributed by atoms with van der Waals surface area (Å²) in [6.45, 7) is 3.93. The molecule has 0 atom stereocenters. The van der Waals surface area contributed by atoms with Gasteiger partial charge in [-0.3, -0.25) is 14.4 Å². The number of esters is 2. The molecule has 2 aromatic heterocycles. The maximum absolute atomic E-state index is 11.5. The molecule has 0 aliphatic rings. The van der Waals surface area contributed by atoms with Crippen LogP contribution in [0.2, 0.25) is 0 Å². The summed E-state index contributed by atoms with van der Waals surface area (Å²) in [6, 6.07) is 0. The van der Waals surface area contributed by atoms with Crippen molar-refractivity contribution in [3.05, 3.63) is 45.5 Å². The third-order valence-corrected chi connectivity index (χ3v) is 4.90. The summed E-state index contributed by atoms with van der Waals surface area (Å²) in [4.78, 5) is 40.8. The molecule has 0 fully saturated rings. The van der Waals surface area contributed by atoms with Crippen molar-refractivity contribution in [1.29, 1.82) is 0 Å². The predicted octanol–water partition coefficient (Wildman–Crippen LogP) is 2.57. The van der Waals surface area contributed by atoms with Crippen LogP contribution in [0, 0.1) is 13.8 Å². The third kappa shape index (κ3) is 4.87. The zero-order valence-electron chi connectivity index (χ0n) is 16.2. The molecule has 7 nitrogen and oxygen atoms in total. The molecule has 7 heteroatoms. The van der Waals surface area contributed by atoms with Crippen LogP contribution in [0.5, 0.6) is 0 Å². The predicted molar refractivity (Wildman–Crippen MR) is 99.9 cm³/mol. The Kier molecular flexibility index (Phi) is 6.98. The fourth-order valence-corrected chi connectivity index (χ4v) is 3.26. The van der Waals surface area contributed by atoms with E-state index in [0.717, 1.165) is 39.9 Å². The first-order valence-corrected chi connectivity index (χ1v) is 8.86. The highest BCUT2D eigenvalue weighted by molar-refractivity contribution is 5.77. The molecule has 2 rings (SSSR count). The number of hydrogen-bond donors (Lipinski definition) is 2. The summed E-state index contributed by atoms with van der Waals surface area (Å²) in [7, 11) is 2.73. The van der Waals surface area contributed by atoms with Gasteiger partial charge in [-0.25, -0.2) is 0 Å². The standard InChI is InChI=1S/C20H26N2O5/c1-12-10-21-17(14(12)5-7-19(24)26-3)9-16-13(2)15(18(11-23)22-16)6-8-20(25)27-4/h10-11,21-22H,5-9H2,1-4H3. The maximum atomic E-state index is 11.5. The molecule has 0 aliphatic carbocycles. The third-order valence-electron chi connectivity index (χ3n) is 4.90. The minimum atomic E-state index is -0.306. The van der Waals surface area contributed by atoms with Crippen molar-refractivity contribution >= 4 is 18.2 Å². The van der Waals surface area contributed by atoms with Crippen LogP contribution in [0.4, 0.5) is 0 Å². The first kappa shape index (κ1) is 20.5. The minimum Gasteiger partial charge on any atom is -0.469 e. The SMILES string of the molecule is COC(=O)CCc1c(C)c[nH]c1Cc1[nH]c(C=O)c(CCC(=O)OC)c1C. The smallest absolute Gasteiger partial charge is 0.305 e. The first-order chi connectivity index (χ1) is 12.9. The van der Waals surface area contributed by atoms with Crippen LogP contribution < -0.4 is 0 Å². The topological polar surface area (TPSA) is 101 Å². The van der Waals surface area contributed by atoms with E-state index in [-0.39, 0.29) is 18.4 Å². The molecular formula is C20H26N2O5. The van der Waals surface area contributed by atoms with E-state index in [1.807, 2.05) is 20.0 Å². The number of carbonyl (C=O) groups excluding carboxylic acids is 3. The van der Waals surface area contributed by atoms with E-state index in [2.05, 4.69) is 14.7 Å². The molecule has 0 saturated heterocycles. The largest absolute Gasteiger partial charge is 0.469 e. The van der Waals surface area contributed by atoms with Gasteiger partial charge >= 0.3 is 11.9 Å². The minimum absolute atomic E-state index is 0.224. The maximum Gasteiger partial charge on any atom is 0.305 e. The van der Waals surface area contributed by atoms with Crippen LogP contribution in [0.1, 0.15) is 57.0 Å². The van der Waals surface area contributed by atoms with E-state index >= 15 is 0 Å². The number of nitrogens with one attached hydrogen (secondary N) is 2. The summed E-state index contributed by atoms with van der Waals surface area (Å²) in [5.41, 5.74) is 6.37. The molecule has 0 spiro atoms. The van der Waals surface area contributed by atoms with Gasteiger partial charge in [-0.2, -0.15) is 0 Å². The number of carbonyl (C=O) groups is 3. The van der Waals surface area contributed by atoms with Crippen LogP contribution >= 0.6 is 0 Å². The van der Waals surface area contributed by atoms with Gasteiger partial charge in [-0.05, 0) is 48.9 Å². The molecule has 27 heavy (non-hydrogen) atoms. The molecule has 0 aromatic carbocycles. The van der Waals surface area contributed by atoms with Crippen LogP contribution in [-0.2, 0) is 38.3 Å². The highest BCUT2D eigenvalue weighted by atomic mass is 16.5. The second-order valence-corrected chi connectivity index (χ2v) is 6.50. The van der Waals surface area contributed by atoms with Gasteiger partial charge in [0, 0.05) is 36.8 Å². The van der Waals surface area contributed by atoms with Crippen molar-refractivity contribution in [2.75, 3.05) is 14.2 Å². The van der Waals surface area contributed by atoms with Gasteiger partial charge in [-0.1, -0.05) is 0 Å². The molecule has 0 radical (unpaired) electrons. The van der Waals surface area contributed by atoms with Gasteiger partial charge in [-0.15, -0.1) is 0 Å². The van der Waals surface area contributed by atoms with Gasteiger partial charge in [0.2, 0.25) is 0 Å². The molecule has 0 bridgehead atoms. The average molecular weight is 374 g/mol. The Labute approximate surface area is 158 Å². The lowest BCUT2D eigenvalue weighted by molar-refractivity contribution is -0.141. The van der Waals surface area contributed by atoms with Crippen molar-refractivity contribution in [3.63, 3.8) is 0 Å². The monoisotopic (exact) mass is 374 g/mol. The number of H-pyrrole nitrogens is 2. The van der Waals surface area contributed by atoms with Crippen molar-refractivity contribution < 1.29 is 23.9 Å². The molecule has 0 saturated carbocycles. The van der Waals surface area contributed by atoms with Crippen LogP contribution in [0.15, 0.2) is 6.20 Å². The molecule has 2 N–H and O–H groups in total. The number of rotatable bonds is 9. The van der Waals surface area contributed by atoms with Crippen LogP contribution in [0.3, 0.4) is 0 Å². The summed E-state index contributed by atoms with van der Waals surface area (Å²) >= 11 is 0. The average Bonchev–Trinajstić information content (AvgIpc) is 3.17. The highest BCUT2D eigenvalue weighted by Crippen LogP contribution is 2.24. The Morgan fingerprint density at radius 2 is 1.59 bits per heavy atom. The second kappa shape index (κ2) is 9.21. The Morgan fingerprint density at radius 1 is 1.00 bits per heavy atom. The fourth-order valence-electron chi connectivity index (χ4n) is 3.26. The fraction of sp³-hybridized carbons (Fsp3) is 0.450. The Hall–Kier alpha value is -2.83. The van der Waals surface area contributed by atoms with E-state index in [1.165, 1.54) is 14.2 Å². The number of aldehydes is 1. The van der Waals surface area contributed by atoms with Gasteiger partial charge in [0.25, 0.3) is 0 Å². The van der Waals surface area contributed by atoms with E-state index in [0.29, 0.717) is 31.4 Å². The number of methoxy groups -OCH3 is 2. The summed E-state index contributed by atoms with van der Waals surface area (Å²) in [6.07, 6.45) is 4.85. The first-order valence-electron chi connectivity index (χ1n) is 8.86. The number of hydrogen-bond acceptors (Lipinski definition) is 5.